The van der Waals surface area contributed by atoms with E-state index >= 15 is 0 Å². The summed E-state index contributed by atoms with van der Waals surface area (Å²) in [5, 5.41) is 10.3. The molecule has 0 spiro atoms. The highest BCUT2D eigenvalue weighted by Crippen LogP contribution is 2.20. The molecule has 2 N–H and O–H groups in total. The van der Waals surface area contributed by atoms with E-state index in [0.717, 1.165) is 37.2 Å². The van der Waals surface area contributed by atoms with E-state index in [1.54, 1.807) is 0 Å². The summed E-state index contributed by atoms with van der Waals surface area (Å²) < 4.78 is 10.7. The van der Waals surface area contributed by atoms with Gasteiger partial charge in [-0.3, -0.25) is 4.79 Å². The predicted octanol–water partition coefficient (Wildman–Crippen LogP) is 1.94. The first kappa shape index (κ1) is 17.4. The van der Waals surface area contributed by atoms with E-state index in [0.29, 0.717) is 31.2 Å². The lowest BCUT2D eigenvalue weighted by Crippen LogP contribution is -2.42. The van der Waals surface area contributed by atoms with Crippen LogP contribution in [0.4, 0.5) is 0 Å². The van der Waals surface area contributed by atoms with E-state index in [1.165, 1.54) is 0 Å². The predicted molar refractivity (Wildman–Crippen MR) is 93.3 cm³/mol. The quantitative estimate of drug-likeness (QED) is 0.798. The first-order valence-electron chi connectivity index (χ1n) is 8.80. The Morgan fingerprint density at radius 2 is 2.08 bits per heavy atom. The molecule has 1 aliphatic heterocycles. The maximum Gasteiger partial charge on any atom is 0.227 e. The zero-order chi connectivity index (χ0) is 17.5. The molecule has 0 unspecified atom stereocenters. The van der Waals surface area contributed by atoms with E-state index in [-0.39, 0.29) is 11.9 Å². The molecular formula is C18H24N4O3. The van der Waals surface area contributed by atoms with Crippen LogP contribution in [0.5, 0.6) is 5.75 Å². The third-order valence-electron chi connectivity index (χ3n) is 4.16. The minimum Gasteiger partial charge on any atom is -0.494 e. The minimum absolute atomic E-state index is 0.0349. The van der Waals surface area contributed by atoms with Crippen molar-refractivity contribution in [2.24, 2.45) is 0 Å². The summed E-state index contributed by atoms with van der Waals surface area (Å²) in [5.74, 6) is 1.85. The number of benzene rings is 1. The summed E-state index contributed by atoms with van der Waals surface area (Å²) >= 11 is 0. The van der Waals surface area contributed by atoms with Gasteiger partial charge in [0, 0.05) is 24.4 Å². The smallest absolute Gasteiger partial charge is 0.227 e. The summed E-state index contributed by atoms with van der Waals surface area (Å²) in [4.78, 5) is 16.4. The number of amides is 1. The number of aryl methyl sites for hydroxylation is 1. The summed E-state index contributed by atoms with van der Waals surface area (Å²) in [7, 11) is 0. The number of hydrogen-bond donors (Lipinski definition) is 2. The zero-order valence-corrected chi connectivity index (χ0v) is 14.5. The highest BCUT2D eigenvalue weighted by Gasteiger charge is 2.16. The molecule has 1 aromatic carbocycles. The molecule has 3 rings (SSSR count). The van der Waals surface area contributed by atoms with Gasteiger partial charge in [0.25, 0.3) is 0 Å². The summed E-state index contributed by atoms with van der Waals surface area (Å²) in [6, 6.07) is 7.81. The second kappa shape index (κ2) is 8.62. The molecule has 0 aliphatic carbocycles. The number of aromatic nitrogens is 2. The van der Waals surface area contributed by atoms with Crippen molar-refractivity contribution in [1.29, 1.82) is 0 Å². The molecule has 7 heteroatoms. The number of nitrogens with one attached hydrogen (secondary N) is 2. The zero-order valence-electron chi connectivity index (χ0n) is 14.5. The lowest BCUT2D eigenvalue weighted by atomic mass is 10.1. The monoisotopic (exact) mass is 344 g/mol. The van der Waals surface area contributed by atoms with Gasteiger partial charge >= 0.3 is 0 Å². The van der Waals surface area contributed by atoms with Crippen molar-refractivity contribution < 1.29 is 14.1 Å². The molecule has 25 heavy (non-hydrogen) atoms. The van der Waals surface area contributed by atoms with Gasteiger partial charge < -0.3 is 19.9 Å². The van der Waals surface area contributed by atoms with Gasteiger partial charge in [-0.1, -0.05) is 5.16 Å². The van der Waals surface area contributed by atoms with Crippen LogP contribution < -0.4 is 15.4 Å². The number of rotatable bonds is 7. The SMILES string of the molecule is CCOc1ccc(-c2noc(CCC(=O)NC3CCNCC3)n2)cc1. The molecule has 1 aliphatic rings. The third-order valence-corrected chi connectivity index (χ3v) is 4.16. The Bertz CT molecular complexity index is 678. The van der Waals surface area contributed by atoms with Crippen LogP contribution in [0.2, 0.25) is 0 Å². The van der Waals surface area contributed by atoms with Crippen LogP contribution in [0.15, 0.2) is 28.8 Å². The summed E-state index contributed by atoms with van der Waals surface area (Å²) in [6.07, 6.45) is 2.76. The molecule has 0 radical (unpaired) electrons. The average molecular weight is 344 g/mol. The molecule has 7 nitrogen and oxygen atoms in total. The molecule has 1 aromatic heterocycles. The van der Waals surface area contributed by atoms with Crippen molar-refractivity contribution in [3.05, 3.63) is 30.2 Å². The molecule has 1 amide bonds. The average Bonchev–Trinajstić information content (AvgIpc) is 3.11. The standard InChI is InChI=1S/C18H24N4O3/c1-2-24-15-5-3-13(4-6-15)18-21-17(25-22-18)8-7-16(23)20-14-9-11-19-12-10-14/h3-6,14,19H,2,7-12H2,1H3,(H,20,23). The van der Waals surface area contributed by atoms with Crippen LogP contribution >= 0.6 is 0 Å². The Hall–Kier alpha value is -2.41. The van der Waals surface area contributed by atoms with E-state index in [2.05, 4.69) is 20.8 Å². The highest BCUT2D eigenvalue weighted by molar-refractivity contribution is 5.76. The molecule has 0 bridgehead atoms. The highest BCUT2D eigenvalue weighted by atomic mass is 16.5. The van der Waals surface area contributed by atoms with Crippen LogP contribution in [0.25, 0.3) is 11.4 Å². The second-order valence-electron chi connectivity index (χ2n) is 6.06. The Balaban J connectivity index is 1.50. The van der Waals surface area contributed by atoms with E-state index in [4.69, 9.17) is 9.26 Å². The van der Waals surface area contributed by atoms with Crippen molar-refractivity contribution in [3.8, 4) is 17.1 Å². The van der Waals surface area contributed by atoms with E-state index < -0.39 is 0 Å². The number of carbonyl (C=O) groups is 1. The van der Waals surface area contributed by atoms with E-state index in [1.807, 2.05) is 31.2 Å². The first-order valence-corrected chi connectivity index (χ1v) is 8.80. The van der Waals surface area contributed by atoms with Crippen LogP contribution in [0.1, 0.15) is 32.1 Å². The maximum atomic E-state index is 12.0. The van der Waals surface area contributed by atoms with Gasteiger partial charge in [-0.05, 0) is 57.1 Å². The lowest BCUT2D eigenvalue weighted by molar-refractivity contribution is -0.122. The summed E-state index contributed by atoms with van der Waals surface area (Å²) in [5.41, 5.74) is 0.859. The number of carbonyl (C=O) groups excluding carboxylic acids is 1. The maximum absolute atomic E-state index is 12.0. The number of hydrogen-bond acceptors (Lipinski definition) is 6. The largest absolute Gasteiger partial charge is 0.494 e. The summed E-state index contributed by atoms with van der Waals surface area (Å²) in [6.45, 7) is 4.49. The van der Waals surface area contributed by atoms with Gasteiger partial charge in [-0.15, -0.1) is 0 Å². The van der Waals surface area contributed by atoms with Gasteiger partial charge in [0.1, 0.15) is 5.75 Å². The van der Waals surface area contributed by atoms with Gasteiger partial charge in [-0.2, -0.15) is 4.98 Å². The molecule has 1 saturated heterocycles. The van der Waals surface area contributed by atoms with Crippen molar-refractivity contribution in [2.75, 3.05) is 19.7 Å². The first-order chi connectivity index (χ1) is 12.2. The fourth-order valence-electron chi connectivity index (χ4n) is 2.83. The number of nitrogens with zero attached hydrogens (tertiary/aromatic N) is 2. The van der Waals surface area contributed by atoms with Gasteiger partial charge in [0.05, 0.1) is 6.61 Å². The van der Waals surface area contributed by atoms with Crippen molar-refractivity contribution >= 4 is 5.91 Å². The van der Waals surface area contributed by atoms with Crippen molar-refractivity contribution in [3.63, 3.8) is 0 Å². The van der Waals surface area contributed by atoms with Crippen LogP contribution in [0.3, 0.4) is 0 Å². The molecule has 134 valence electrons. The van der Waals surface area contributed by atoms with Crippen molar-refractivity contribution in [1.82, 2.24) is 20.8 Å². The Kier molecular flexibility index (Phi) is 6.00. The van der Waals surface area contributed by atoms with Crippen molar-refractivity contribution in [2.45, 2.75) is 38.6 Å². The van der Waals surface area contributed by atoms with Crippen LogP contribution in [-0.2, 0) is 11.2 Å². The lowest BCUT2D eigenvalue weighted by Gasteiger charge is -2.23. The second-order valence-corrected chi connectivity index (χ2v) is 6.06. The van der Waals surface area contributed by atoms with Gasteiger partial charge in [0.15, 0.2) is 0 Å². The normalized spacial score (nSPS) is 15.1. The molecule has 2 heterocycles. The molecule has 0 saturated carbocycles. The Morgan fingerprint density at radius 1 is 1.32 bits per heavy atom. The molecule has 2 aromatic rings. The van der Waals surface area contributed by atoms with Crippen LogP contribution in [0, 0.1) is 0 Å². The fourth-order valence-corrected chi connectivity index (χ4v) is 2.83. The van der Waals surface area contributed by atoms with E-state index in [9.17, 15) is 4.79 Å². The Labute approximate surface area is 147 Å². The molecule has 0 atom stereocenters. The van der Waals surface area contributed by atoms with Crippen LogP contribution in [-0.4, -0.2) is 41.8 Å². The van der Waals surface area contributed by atoms with Gasteiger partial charge in [0.2, 0.25) is 17.6 Å². The number of piperidine rings is 1. The minimum atomic E-state index is 0.0349. The van der Waals surface area contributed by atoms with Gasteiger partial charge in [-0.25, -0.2) is 0 Å². The Morgan fingerprint density at radius 3 is 2.80 bits per heavy atom. The third kappa shape index (κ3) is 5.03. The topological polar surface area (TPSA) is 89.3 Å². The fraction of sp³-hybridized carbons (Fsp3) is 0.500. The molecule has 1 fully saturated rings. The molecular weight excluding hydrogens is 320 g/mol. The number of ether oxygens (including phenoxy) is 1.